The van der Waals surface area contributed by atoms with Crippen LogP contribution in [0.15, 0.2) is 24.3 Å². The van der Waals surface area contributed by atoms with E-state index in [9.17, 15) is 5.11 Å². The standard InChI is InChI=1S/C24H34N4O2/c1-18-3-4-19-14-20(23(26-21(19)13-18)28-9-11-30-12-10-28)15-27-8-2-6-24(17-27)16-25-7-5-22(24)29/h3-4,13-14,22,25,29H,2,5-12,15-17H2,1H3/t22-,24-/m0/s1. The van der Waals surface area contributed by atoms with Crippen molar-refractivity contribution in [1.29, 1.82) is 0 Å². The molecule has 162 valence electrons. The van der Waals surface area contributed by atoms with Crippen molar-refractivity contribution in [3.8, 4) is 0 Å². The topological polar surface area (TPSA) is 60.9 Å². The van der Waals surface area contributed by atoms with E-state index in [-0.39, 0.29) is 11.5 Å². The van der Waals surface area contributed by atoms with Crippen molar-refractivity contribution in [2.24, 2.45) is 5.41 Å². The molecule has 0 amide bonds. The molecule has 0 aliphatic carbocycles. The predicted molar refractivity (Wildman–Crippen MR) is 120 cm³/mol. The Labute approximate surface area is 179 Å². The van der Waals surface area contributed by atoms with E-state index in [0.29, 0.717) is 0 Å². The second-order valence-electron chi connectivity index (χ2n) is 9.42. The number of aryl methyl sites for hydroxylation is 1. The average Bonchev–Trinajstić information content (AvgIpc) is 2.76. The number of hydrogen-bond donors (Lipinski definition) is 2. The van der Waals surface area contributed by atoms with Crippen LogP contribution in [-0.4, -0.2) is 73.6 Å². The van der Waals surface area contributed by atoms with Crippen LogP contribution in [-0.2, 0) is 11.3 Å². The van der Waals surface area contributed by atoms with Crippen LogP contribution in [0.2, 0.25) is 0 Å². The first-order valence-corrected chi connectivity index (χ1v) is 11.5. The zero-order valence-corrected chi connectivity index (χ0v) is 18.1. The van der Waals surface area contributed by atoms with Crippen LogP contribution in [0.4, 0.5) is 5.82 Å². The Morgan fingerprint density at radius 2 is 2.10 bits per heavy atom. The first-order chi connectivity index (χ1) is 14.6. The fourth-order valence-electron chi connectivity index (χ4n) is 5.53. The van der Waals surface area contributed by atoms with Gasteiger partial charge in [0.15, 0.2) is 0 Å². The van der Waals surface area contributed by atoms with Gasteiger partial charge in [0.1, 0.15) is 5.82 Å². The van der Waals surface area contributed by atoms with E-state index in [4.69, 9.17) is 9.72 Å². The van der Waals surface area contributed by atoms with Gasteiger partial charge < -0.3 is 20.1 Å². The molecule has 2 N–H and O–H groups in total. The summed E-state index contributed by atoms with van der Waals surface area (Å²) < 4.78 is 5.59. The molecule has 3 aliphatic rings. The number of ether oxygens (including phenoxy) is 1. The van der Waals surface area contributed by atoms with Crippen LogP contribution in [0.25, 0.3) is 10.9 Å². The Morgan fingerprint density at radius 1 is 1.23 bits per heavy atom. The van der Waals surface area contributed by atoms with Crippen molar-refractivity contribution in [3.63, 3.8) is 0 Å². The van der Waals surface area contributed by atoms with Crippen molar-refractivity contribution in [2.75, 3.05) is 57.4 Å². The third-order valence-corrected chi connectivity index (χ3v) is 7.20. The van der Waals surface area contributed by atoms with Crippen molar-refractivity contribution in [3.05, 3.63) is 35.4 Å². The fourth-order valence-corrected chi connectivity index (χ4v) is 5.53. The Bertz CT molecular complexity index is 894. The van der Waals surface area contributed by atoms with E-state index in [1.54, 1.807) is 0 Å². The highest BCUT2D eigenvalue weighted by molar-refractivity contribution is 5.82. The molecule has 6 nitrogen and oxygen atoms in total. The van der Waals surface area contributed by atoms with E-state index in [2.05, 4.69) is 46.3 Å². The van der Waals surface area contributed by atoms with Gasteiger partial charge in [-0.05, 0) is 57.0 Å². The van der Waals surface area contributed by atoms with E-state index >= 15 is 0 Å². The lowest BCUT2D eigenvalue weighted by atomic mass is 9.72. The molecular formula is C24H34N4O2. The first kappa shape index (κ1) is 20.2. The highest BCUT2D eigenvalue weighted by Crippen LogP contribution is 2.37. The third-order valence-electron chi connectivity index (χ3n) is 7.20. The SMILES string of the molecule is Cc1ccc2cc(CN3CCC[C@]4(CNCC[C@@H]4O)C3)c(N3CCOCC3)nc2c1. The Morgan fingerprint density at radius 3 is 2.93 bits per heavy atom. The Hall–Kier alpha value is -1.73. The van der Waals surface area contributed by atoms with Gasteiger partial charge in [0.25, 0.3) is 0 Å². The number of aliphatic hydroxyl groups excluding tert-OH is 1. The lowest BCUT2D eigenvalue weighted by molar-refractivity contribution is -0.0514. The summed E-state index contributed by atoms with van der Waals surface area (Å²) in [7, 11) is 0. The number of hydrogen-bond acceptors (Lipinski definition) is 6. The second-order valence-corrected chi connectivity index (χ2v) is 9.42. The molecule has 1 aromatic heterocycles. The maximum absolute atomic E-state index is 10.8. The van der Waals surface area contributed by atoms with E-state index < -0.39 is 0 Å². The first-order valence-electron chi connectivity index (χ1n) is 11.5. The number of benzene rings is 1. The molecule has 3 fully saturated rings. The lowest BCUT2D eigenvalue weighted by Gasteiger charge is -2.48. The number of aromatic nitrogens is 1. The molecule has 0 radical (unpaired) electrons. The van der Waals surface area contributed by atoms with Gasteiger partial charge in [-0.3, -0.25) is 4.90 Å². The van der Waals surface area contributed by atoms with Crippen molar-refractivity contribution >= 4 is 16.7 Å². The fraction of sp³-hybridized carbons (Fsp3) is 0.625. The normalized spacial score (nSPS) is 28.3. The highest BCUT2D eigenvalue weighted by Gasteiger charge is 2.43. The number of pyridine rings is 1. The van der Waals surface area contributed by atoms with Crippen molar-refractivity contribution < 1.29 is 9.84 Å². The number of aliphatic hydroxyl groups is 1. The molecule has 0 saturated carbocycles. The second kappa shape index (κ2) is 8.42. The van der Waals surface area contributed by atoms with Gasteiger partial charge >= 0.3 is 0 Å². The van der Waals surface area contributed by atoms with E-state index in [0.717, 1.165) is 89.6 Å². The zero-order valence-electron chi connectivity index (χ0n) is 18.1. The lowest BCUT2D eigenvalue weighted by Crippen LogP contribution is -2.57. The molecule has 6 heteroatoms. The maximum Gasteiger partial charge on any atom is 0.133 e. The molecule has 3 aliphatic heterocycles. The van der Waals surface area contributed by atoms with Gasteiger partial charge in [-0.2, -0.15) is 0 Å². The number of piperidine rings is 2. The summed E-state index contributed by atoms with van der Waals surface area (Å²) in [5.41, 5.74) is 3.61. The summed E-state index contributed by atoms with van der Waals surface area (Å²) >= 11 is 0. The summed E-state index contributed by atoms with van der Waals surface area (Å²) in [5, 5.41) is 15.5. The molecule has 2 aromatic rings. The van der Waals surface area contributed by atoms with Gasteiger partial charge in [0.2, 0.25) is 0 Å². The largest absolute Gasteiger partial charge is 0.392 e. The minimum atomic E-state index is -0.196. The number of morpholine rings is 1. The van der Waals surface area contributed by atoms with Crippen LogP contribution in [0.1, 0.15) is 30.4 Å². The number of nitrogens with zero attached hydrogens (tertiary/aromatic N) is 3. The van der Waals surface area contributed by atoms with Crippen molar-refractivity contribution in [2.45, 2.75) is 38.8 Å². The molecule has 3 saturated heterocycles. The molecule has 0 bridgehead atoms. The quantitative estimate of drug-likeness (QED) is 0.810. The minimum Gasteiger partial charge on any atom is -0.392 e. The predicted octanol–water partition coefficient (Wildman–Crippen LogP) is 2.32. The van der Waals surface area contributed by atoms with Crippen LogP contribution >= 0.6 is 0 Å². The minimum absolute atomic E-state index is 0.00296. The molecule has 4 heterocycles. The molecule has 1 aromatic carbocycles. The summed E-state index contributed by atoms with van der Waals surface area (Å²) in [5.74, 6) is 1.11. The number of anilines is 1. The number of nitrogens with one attached hydrogen (secondary N) is 1. The monoisotopic (exact) mass is 410 g/mol. The smallest absolute Gasteiger partial charge is 0.133 e. The van der Waals surface area contributed by atoms with Gasteiger partial charge in [-0.1, -0.05) is 12.1 Å². The average molecular weight is 411 g/mol. The Balaban J connectivity index is 1.45. The molecule has 5 rings (SSSR count). The summed E-state index contributed by atoms with van der Waals surface area (Å²) in [4.78, 5) is 10.1. The van der Waals surface area contributed by atoms with E-state index in [1.807, 2.05) is 0 Å². The van der Waals surface area contributed by atoms with Gasteiger partial charge in [0.05, 0.1) is 24.8 Å². The number of rotatable bonds is 3. The van der Waals surface area contributed by atoms with Crippen LogP contribution in [0, 0.1) is 12.3 Å². The van der Waals surface area contributed by atoms with Crippen LogP contribution < -0.4 is 10.2 Å². The van der Waals surface area contributed by atoms with E-state index in [1.165, 1.54) is 16.5 Å². The third kappa shape index (κ3) is 3.94. The molecular weight excluding hydrogens is 376 g/mol. The summed E-state index contributed by atoms with van der Waals surface area (Å²) in [6, 6.07) is 8.88. The maximum atomic E-state index is 10.8. The molecule has 0 unspecified atom stereocenters. The van der Waals surface area contributed by atoms with Gasteiger partial charge in [-0.25, -0.2) is 4.98 Å². The van der Waals surface area contributed by atoms with Crippen LogP contribution in [0.5, 0.6) is 0 Å². The number of likely N-dealkylation sites (tertiary alicyclic amines) is 1. The van der Waals surface area contributed by atoms with Gasteiger partial charge in [0, 0.05) is 49.1 Å². The Kier molecular flexibility index (Phi) is 5.67. The highest BCUT2D eigenvalue weighted by atomic mass is 16.5. The zero-order chi connectivity index (χ0) is 20.6. The van der Waals surface area contributed by atoms with Crippen molar-refractivity contribution in [1.82, 2.24) is 15.2 Å². The summed E-state index contributed by atoms with van der Waals surface area (Å²) in [6.45, 7) is 10.2. The van der Waals surface area contributed by atoms with Gasteiger partial charge in [-0.15, -0.1) is 0 Å². The summed E-state index contributed by atoms with van der Waals surface area (Å²) in [6.07, 6.45) is 2.93. The molecule has 2 atom stereocenters. The molecule has 30 heavy (non-hydrogen) atoms. The van der Waals surface area contributed by atoms with Crippen LogP contribution in [0.3, 0.4) is 0 Å². The molecule has 1 spiro atoms. The number of fused-ring (bicyclic) bond motifs is 1.